The summed E-state index contributed by atoms with van der Waals surface area (Å²) in [5, 5.41) is 6.62. The van der Waals surface area contributed by atoms with E-state index in [1.54, 1.807) is 21.3 Å². The van der Waals surface area contributed by atoms with Crippen molar-refractivity contribution in [3.63, 3.8) is 0 Å². The molecule has 0 heterocycles. The maximum Gasteiger partial charge on any atom is 0.190 e. The highest BCUT2D eigenvalue weighted by atomic mass is 127. The zero-order valence-corrected chi connectivity index (χ0v) is 19.0. The smallest absolute Gasteiger partial charge is 0.190 e. The first-order chi connectivity index (χ1) is 12.1. The minimum atomic E-state index is 0. The van der Waals surface area contributed by atoms with Crippen molar-refractivity contribution in [2.45, 2.75) is 26.7 Å². The van der Waals surface area contributed by atoms with Crippen LogP contribution in [-0.2, 0) is 11.2 Å². The van der Waals surface area contributed by atoms with Gasteiger partial charge in [-0.1, -0.05) is 19.9 Å². The highest BCUT2D eigenvalue weighted by Gasteiger charge is 2.05. The Kier molecular flexibility index (Phi) is 14.2. The summed E-state index contributed by atoms with van der Waals surface area (Å²) in [4.78, 5) is 4.24. The third-order valence-electron chi connectivity index (χ3n) is 3.59. The number of benzene rings is 1. The van der Waals surface area contributed by atoms with Crippen molar-refractivity contribution in [3.05, 3.63) is 23.8 Å². The molecule has 0 spiro atoms. The van der Waals surface area contributed by atoms with Gasteiger partial charge in [-0.05, 0) is 36.5 Å². The van der Waals surface area contributed by atoms with Gasteiger partial charge in [0.25, 0.3) is 0 Å². The minimum Gasteiger partial charge on any atom is -0.493 e. The molecule has 0 aliphatic heterocycles. The summed E-state index contributed by atoms with van der Waals surface area (Å²) in [5.41, 5.74) is 1.18. The molecule has 0 radical (unpaired) electrons. The van der Waals surface area contributed by atoms with Crippen LogP contribution in [0.15, 0.2) is 23.2 Å². The molecule has 0 saturated heterocycles. The third kappa shape index (κ3) is 10.1. The van der Waals surface area contributed by atoms with Crippen LogP contribution < -0.4 is 20.1 Å². The Morgan fingerprint density at radius 2 is 1.77 bits per heavy atom. The molecule has 2 N–H and O–H groups in total. The normalized spacial score (nSPS) is 11.1. The molecule has 150 valence electrons. The monoisotopic (exact) mass is 479 g/mol. The number of aliphatic imine (C=N–C) groups is 1. The molecule has 0 aromatic heterocycles. The first kappa shape index (κ1) is 24.8. The Morgan fingerprint density at radius 3 is 2.38 bits per heavy atom. The first-order valence-corrected chi connectivity index (χ1v) is 8.83. The molecule has 0 aliphatic carbocycles. The van der Waals surface area contributed by atoms with Crippen molar-refractivity contribution in [1.82, 2.24) is 10.6 Å². The van der Waals surface area contributed by atoms with Gasteiger partial charge in [-0.3, -0.25) is 4.99 Å². The maximum atomic E-state index is 5.57. The molecule has 7 heteroatoms. The fourth-order valence-corrected chi connectivity index (χ4v) is 2.28. The molecule has 0 bridgehead atoms. The first-order valence-electron chi connectivity index (χ1n) is 8.83. The second kappa shape index (κ2) is 14.9. The molecule has 1 aromatic rings. The summed E-state index contributed by atoms with van der Waals surface area (Å²) in [7, 11) is 5.07. The molecule has 0 unspecified atom stereocenters. The van der Waals surface area contributed by atoms with Crippen molar-refractivity contribution in [1.29, 1.82) is 0 Å². The van der Waals surface area contributed by atoms with Gasteiger partial charge in [0.05, 0.1) is 14.2 Å². The van der Waals surface area contributed by atoms with Crippen LogP contribution in [0.1, 0.15) is 25.8 Å². The molecule has 0 fully saturated rings. The quantitative estimate of drug-likeness (QED) is 0.221. The van der Waals surface area contributed by atoms with Gasteiger partial charge in [-0.15, -0.1) is 24.0 Å². The van der Waals surface area contributed by atoms with E-state index in [1.807, 2.05) is 18.2 Å². The van der Waals surface area contributed by atoms with Crippen LogP contribution in [-0.4, -0.2) is 53.5 Å². The van der Waals surface area contributed by atoms with E-state index < -0.39 is 0 Å². The summed E-state index contributed by atoms with van der Waals surface area (Å²) in [6, 6.07) is 5.98. The summed E-state index contributed by atoms with van der Waals surface area (Å²) in [6.07, 6.45) is 1.83. The van der Waals surface area contributed by atoms with Crippen LogP contribution in [0.2, 0.25) is 0 Å². The average molecular weight is 479 g/mol. The Balaban J connectivity index is 0.00000625. The van der Waals surface area contributed by atoms with Crippen LogP contribution in [0.25, 0.3) is 0 Å². The zero-order valence-electron chi connectivity index (χ0n) is 16.6. The summed E-state index contributed by atoms with van der Waals surface area (Å²) < 4.78 is 16.2. The van der Waals surface area contributed by atoms with Gasteiger partial charge in [0.15, 0.2) is 17.5 Å². The molecule has 1 aromatic carbocycles. The number of nitrogens with one attached hydrogen (secondary N) is 2. The highest BCUT2D eigenvalue weighted by molar-refractivity contribution is 14.0. The van der Waals surface area contributed by atoms with Crippen molar-refractivity contribution < 1.29 is 14.2 Å². The Hall–Kier alpha value is -1.22. The van der Waals surface area contributed by atoms with Crippen LogP contribution >= 0.6 is 24.0 Å². The van der Waals surface area contributed by atoms with Crippen molar-refractivity contribution in [2.75, 3.05) is 47.6 Å². The van der Waals surface area contributed by atoms with Gasteiger partial charge in [0, 0.05) is 33.4 Å². The lowest BCUT2D eigenvalue weighted by Crippen LogP contribution is -2.39. The molecule has 0 amide bonds. The van der Waals surface area contributed by atoms with Gasteiger partial charge in [-0.25, -0.2) is 0 Å². The number of hydrogen-bond acceptors (Lipinski definition) is 4. The Labute approximate surface area is 175 Å². The standard InChI is InChI=1S/C19H33N3O3.HI/c1-15(2)14-25-12-6-10-21-19(20-3)22-11-9-16-7-8-17(23-4)18(13-16)24-5;/h7-8,13,15H,6,9-12,14H2,1-5H3,(H2,20,21,22);1H. The average Bonchev–Trinajstić information content (AvgIpc) is 2.62. The van der Waals surface area contributed by atoms with Gasteiger partial charge in [-0.2, -0.15) is 0 Å². The number of nitrogens with zero attached hydrogens (tertiary/aromatic N) is 1. The molecular weight excluding hydrogens is 445 g/mol. The number of guanidine groups is 1. The summed E-state index contributed by atoms with van der Waals surface area (Å²) in [6.45, 7) is 7.53. The predicted octanol–water partition coefficient (Wildman–Crippen LogP) is 3.09. The lowest BCUT2D eigenvalue weighted by Gasteiger charge is -2.13. The fraction of sp³-hybridized carbons (Fsp3) is 0.632. The van der Waals surface area contributed by atoms with E-state index in [9.17, 15) is 0 Å². The van der Waals surface area contributed by atoms with Crippen molar-refractivity contribution >= 4 is 29.9 Å². The van der Waals surface area contributed by atoms with Crippen LogP contribution in [0, 0.1) is 5.92 Å². The van der Waals surface area contributed by atoms with Crippen molar-refractivity contribution in [2.24, 2.45) is 10.9 Å². The van der Waals surface area contributed by atoms with Gasteiger partial charge in [0.2, 0.25) is 0 Å². The lowest BCUT2D eigenvalue weighted by atomic mass is 10.1. The highest BCUT2D eigenvalue weighted by Crippen LogP contribution is 2.27. The van der Waals surface area contributed by atoms with E-state index in [0.717, 1.165) is 56.6 Å². The van der Waals surface area contributed by atoms with E-state index in [-0.39, 0.29) is 24.0 Å². The number of rotatable bonds is 11. The molecule has 1 rings (SSSR count). The van der Waals surface area contributed by atoms with E-state index in [1.165, 1.54) is 5.56 Å². The fourth-order valence-electron chi connectivity index (χ4n) is 2.28. The van der Waals surface area contributed by atoms with Crippen LogP contribution in [0.4, 0.5) is 0 Å². The minimum absolute atomic E-state index is 0. The number of halogens is 1. The topological polar surface area (TPSA) is 64.1 Å². The van der Waals surface area contributed by atoms with Crippen LogP contribution in [0.5, 0.6) is 11.5 Å². The SMILES string of the molecule is CN=C(NCCCOCC(C)C)NCCc1ccc(OC)c(OC)c1.I. The molecular formula is C19H34IN3O3. The van der Waals surface area contributed by atoms with E-state index in [0.29, 0.717) is 5.92 Å². The van der Waals surface area contributed by atoms with E-state index in [4.69, 9.17) is 14.2 Å². The second-order valence-corrected chi connectivity index (χ2v) is 6.19. The van der Waals surface area contributed by atoms with Crippen LogP contribution in [0.3, 0.4) is 0 Å². The molecule has 0 aliphatic rings. The molecule has 0 atom stereocenters. The Bertz CT molecular complexity index is 525. The zero-order chi connectivity index (χ0) is 18.5. The molecule has 0 saturated carbocycles. The summed E-state index contributed by atoms with van der Waals surface area (Å²) in [5.74, 6) is 2.89. The van der Waals surface area contributed by atoms with Gasteiger partial charge >= 0.3 is 0 Å². The number of ether oxygens (including phenoxy) is 3. The summed E-state index contributed by atoms with van der Waals surface area (Å²) >= 11 is 0. The lowest BCUT2D eigenvalue weighted by molar-refractivity contribution is 0.108. The van der Waals surface area contributed by atoms with E-state index >= 15 is 0 Å². The van der Waals surface area contributed by atoms with Gasteiger partial charge in [0.1, 0.15) is 0 Å². The number of hydrogen-bond donors (Lipinski definition) is 2. The van der Waals surface area contributed by atoms with E-state index in [2.05, 4.69) is 29.5 Å². The second-order valence-electron chi connectivity index (χ2n) is 6.19. The number of methoxy groups -OCH3 is 2. The molecule has 26 heavy (non-hydrogen) atoms. The maximum absolute atomic E-state index is 5.57. The van der Waals surface area contributed by atoms with Gasteiger partial charge < -0.3 is 24.8 Å². The third-order valence-corrected chi connectivity index (χ3v) is 3.59. The Morgan fingerprint density at radius 1 is 1.08 bits per heavy atom. The predicted molar refractivity (Wildman–Crippen MR) is 118 cm³/mol. The van der Waals surface area contributed by atoms with Crippen molar-refractivity contribution in [3.8, 4) is 11.5 Å². The largest absolute Gasteiger partial charge is 0.493 e. The molecule has 6 nitrogen and oxygen atoms in total.